The van der Waals surface area contributed by atoms with Gasteiger partial charge in [0.2, 0.25) is 5.91 Å². The quantitative estimate of drug-likeness (QED) is 0.897. The number of fused-ring (bicyclic) bond motifs is 3. The Labute approximate surface area is 138 Å². The van der Waals surface area contributed by atoms with Gasteiger partial charge in [-0.05, 0) is 55.4 Å². The highest BCUT2D eigenvalue weighted by Gasteiger charge is 2.54. The molecule has 2 aliphatic rings. The van der Waals surface area contributed by atoms with Crippen molar-refractivity contribution in [2.45, 2.75) is 62.9 Å². The van der Waals surface area contributed by atoms with Crippen LogP contribution in [0.25, 0.3) is 0 Å². The van der Waals surface area contributed by atoms with E-state index in [2.05, 4.69) is 17.4 Å². The second-order valence-electron chi connectivity index (χ2n) is 7.08. The lowest BCUT2D eigenvalue weighted by atomic mass is 9.53. The van der Waals surface area contributed by atoms with E-state index in [0.717, 1.165) is 50.7 Å². The fraction of sp³-hybridized carbons (Fsp3) is 0.632. The Bertz CT molecular complexity index is 600. The predicted molar refractivity (Wildman–Crippen MR) is 89.7 cm³/mol. The first kappa shape index (κ1) is 16.3. The molecule has 0 aliphatic heterocycles. The number of carbonyl (C=O) groups is 1. The molecule has 0 aromatic heterocycles. The molecule has 23 heavy (non-hydrogen) atoms. The van der Waals surface area contributed by atoms with Crippen molar-refractivity contribution in [1.29, 1.82) is 0 Å². The molecule has 126 valence electrons. The number of aliphatic hydroxyl groups is 1. The number of aryl methyl sites for hydroxylation is 1. The molecule has 4 nitrogen and oxygen atoms in total. The number of carbonyl (C=O) groups excluding carboxylic acids is 1. The summed E-state index contributed by atoms with van der Waals surface area (Å²) in [4.78, 5) is 11.3. The second kappa shape index (κ2) is 6.16. The average Bonchev–Trinajstić information content (AvgIpc) is 2.54. The topological polar surface area (TPSA) is 58.6 Å². The second-order valence-corrected chi connectivity index (χ2v) is 7.08. The molecule has 2 unspecified atom stereocenters. The van der Waals surface area contributed by atoms with Gasteiger partial charge in [-0.2, -0.15) is 0 Å². The highest BCUT2D eigenvalue weighted by atomic mass is 16.5. The van der Waals surface area contributed by atoms with Crippen LogP contribution < -0.4 is 10.1 Å². The molecule has 1 amide bonds. The number of ether oxygens (including phenoxy) is 1. The minimum Gasteiger partial charge on any atom is -0.497 e. The third-order valence-corrected chi connectivity index (χ3v) is 5.90. The smallest absolute Gasteiger partial charge is 0.216 e. The monoisotopic (exact) mass is 317 g/mol. The number of nitrogens with one attached hydrogen (secondary N) is 1. The molecule has 1 aromatic rings. The zero-order chi connectivity index (χ0) is 16.5. The van der Waals surface area contributed by atoms with E-state index in [-0.39, 0.29) is 11.3 Å². The minimum atomic E-state index is -0.664. The summed E-state index contributed by atoms with van der Waals surface area (Å²) in [7, 11) is 1.68. The first-order valence-corrected chi connectivity index (χ1v) is 8.65. The average molecular weight is 317 g/mol. The van der Waals surface area contributed by atoms with Gasteiger partial charge >= 0.3 is 0 Å². The number of benzene rings is 1. The Balaban J connectivity index is 2.03. The van der Waals surface area contributed by atoms with Gasteiger partial charge < -0.3 is 15.2 Å². The maximum atomic E-state index is 11.5. The van der Waals surface area contributed by atoms with E-state index in [1.165, 1.54) is 11.1 Å². The van der Waals surface area contributed by atoms with Crippen molar-refractivity contribution in [3.05, 3.63) is 29.3 Å². The van der Waals surface area contributed by atoms with E-state index in [1.54, 1.807) is 14.0 Å². The standard InChI is InChI=1S/C19H27NO3/c1-14(21)20-12-11-18-8-3-4-9-19(18,22)10-7-15-5-6-16(23-2)13-17(15)18/h5-6,13,22H,3-4,7-12H2,1-2H3,(H,20,21). The molecule has 1 fully saturated rings. The van der Waals surface area contributed by atoms with Crippen LogP contribution in [0.1, 0.15) is 56.6 Å². The largest absolute Gasteiger partial charge is 0.497 e. The molecule has 0 heterocycles. The number of hydrogen-bond donors (Lipinski definition) is 2. The van der Waals surface area contributed by atoms with Gasteiger partial charge in [-0.1, -0.05) is 18.9 Å². The highest BCUT2D eigenvalue weighted by Crippen LogP contribution is 2.55. The van der Waals surface area contributed by atoms with Crippen molar-refractivity contribution in [2.75, 3.05) is 13.7 Å². The number of rotatable bonds is 4. The normalized spacial score (nSPS) is 29.3. The molecule has 2 aliphatic carbocycles. The minimum absolute atomic E-state index is 0.0116. The van der Waals surface area contributed by atoms with E-state index in [0.29, 0.717) is 6.54 Å². The SMILES string of the molecule is COc1ccc2c(c1)C1(CCNC(C)=O)CCCCC1(O)CC2. The number of hydrogen-bond acceptors (Lipinski definition) is 3. The van der Waals surface area contributed by atoms with Crippen LogP contribution in [0, 0.1) is 0 Å². The van der Waals surface area contributed by atoms with Crippen LogP contribution in [0.3, 0.4) is 0 Å². The molecule has 1 aromatic carbocycles. The number of methoxy groups -OCH3 is 1. The maximum absolute atomic E-state index is 11.5. The summed E-state index contributed by atoms with van der Waals surface area (Å²) in [6.45, 7) is 2.15. The van der Waals surface area contributed by atoms with Crippen molar-refractivity contribution in [1.82, 2.24) is 5.32 Å². The Morgan fingerprint density at radius 3 is 2.83 bits per heavy atom. The molecular weight excluding hydrogens is 290 g/mol. The Hall–Kier alpha value is -1.55. The zero-order valence-corrected chi connectivity index (χ0v) is 14.2. The Kier molecular flexibility index (Phi) is 4.37. The van der Waals surface area contributed by atoms with E-state index >= 15 is 0 Å². The van der Waals surface area contributed by atoms with E-state index in [1.807, 2.05) is 6.07 Å². The van der Waals surface area contributed by atoms with Crippen molar-refractivity contribution < 1.29 is 14.6 Å². The summed E-state index contributed by atoms with van der Waals surface area (Å²) >= 11 is 0. The zero-order valence-electron chi connectivity index (χ0n) is 14.2. The summed E-state index contributed by atoms with van der Waals surface area (Å²) in [6.07, 6.45) is 6.54. The molecule has 0 spiro atoms. The van der Waals surface area contributed by atoms with Crippen molar-refractivity contribution in [3.63, 3.8) is 0 Å². The van der Waals surface area contributed by atoms with Crippen LogP contribution in [0.2, 0.25) is 0 Å². The molecule has 0 radical (unpaired) electrons. The lowest BCUT2D eigenvalue weighted by Crippen LogP contribution is -2.57. The van der Waals surface area contributed by atoms with E-state index in [4.69, 9.17) is 4.74 Å². The van der Waals surface area contributed by atoms with Gasteiger partial charge in [0, 0.05) is 18.9 Å². The predicted octanol–water partition coefficient (Wildman–Crippen LogP) is 2.71. The van der Waals surface area contributed by atoms with Crippen LogP contribution >= 0.6 is 0 Å². The summed E-state index contributed by atoms with van der Waals surface area (Å²) < 4.78 is 5.43. The lowest BCUT2D eigenvalue weighted by Gasteiger charge is -2.55. The summed E-state index contributed by atoms with van der Waals surface area (Å²) in [5, 5.41) is 14.4. The Morgan fingerprint density at radius 2 is 2.09 bits per heavy atom. The van der Waals surface area contributed by atoms with Gasteiger partial charge in [-0.25, -0.2) is 0 Å². The van der Waals surface area contributed by atoms with Gasteiger partial charge in [0.05, 0.1) is 12.7 Å². The van der Waals surface area contributed by atoms with Gasteiger partial charge in [-0.15, -0.1) is 0 Å². The van der Waals surface area contributed by atoms with Crippen LogP contribution in [-0.2, 0) is 16.6 Å². The Morgan fingerprint density at radius 1 is 1.30 bits per heavy atom. The first-order chi connectivity index (χ1) is 11.0. The fourth-order valence-corrected chi connectivity index (χ4v) is 4.70. The van der Waals surface area contributed by atoms with E-state index < -0.39 is 5.60 Å². The van der Waals surface area contributed by atoms with Crippen LogP contribution in [0.4, 0.5) is 0 Å². The van der Waals surface area contributed by atoms with Gasteiger partial charge in [0.25, 0.3) is 0 Å². The molecule has 4 heteroatoms. The van der Waals surface area contributed by atoms with Crippen molar-refractivity contribution in [3.8, 4) is 5.75 Å². The lowest BCUT2D eigenvalue weighted by molar-refractivity contribution is -0.119. The summed E-state index contributed by atoms with van der Waals surface area (Å²) in [5.41, 5.74) is 1.62. The van der Waals surface area contributed by atoms with Gasteiger partial charge in [-0.3, -0.25) is 4.79 Å². The van der Waals surface area contributed by atoms with Crippen molar-refractivity contribution in [2.24, 2.45) is 0 Å². The molecule has 3 rings (SSSR count). The van der Waals surface area contributed by atoms with E-state index in [9.17, 15) is 9.90 Å². The van der Waals surface area contributed by atoms with Crippen molar-refractivity contribution >= 4 is 5.91 Å². The summed E-state index contributed by atoms with van der Waals surface area (Å²) in [5.74, 6) is 0.833. The molecule has 2 atom stereocenters. The van der Waals surface area contributed by atoms with Gasteiger partial charge in [0.15, 0.2) is 0 Å². The molecule has 0 saturated heterocycles. The first-order valence-electron chi connectivity index (χ1n) is 8.65. The highest BCUT2D eigenvalue weighted by molar-refractivity contribution is 5.72. The third-order valence-electron chi connectivity index (χ3n) is 5.90. The van der Waals surface area contributed by atoms with Crippen LogP contribution in [0.5, 0.6) is 5.75 Å². The van der Waals surface area contributed by atoms with Crippen LogP contribution in [-0.4, -0.2) is 30.3 Å². The molecular formula is C19H27NO3. The third kappa shape index (κ3) is 2.74. The molecule has 2 N–H and O–H groups in total. The van der Waals surface area contributed by atoms with Crippen LogP contribution in [0.15, 0.2) is 18.2 Å². The maximum Gasteiger partial charge on any atom is 0.216 e. The molecule has 1 saturated carbocycles. The molecule has 0 bridgehead atoms. The fourth-order valence-electron chi connectivity index (χ4n) is 4.70. The number of amides is 1. The summed E-state index contributed by atoms with van der Waals surface area (Å²) in [6, 6.07) is 6.26. The van der Waals surface area contributed by atoms with Gasteiger partial charge in [0.1, 0.15) is 5.75 Å².